The molecular weight excluding hydrogens is 625 g/mol. The number of fused-ring (bicyclic) bond motifs is 11. The third-order valence-electron chi connectivity index (χ3n) is 12.2. The average Bonchev–Trinajstić information content (AvgIpc) is 3.62. The smallest absolute Gasteiger partial charge is 0.00197 e. The van der Waals surface area contributed by atoms with Gasteiger partial charge in [-0.15, -0.1) is 0 Å². The third-order valence-corrected chi connectivity index (χ3v) is 12.2. The highest BCUT2D eigenvalue weighted by Gasteiger charge is 2.21. The fourth-order valence-corrected chi connectivity index (χ4v) is 9.71. The highest BCUT2D eigenvalue weighted by atomic mass is 14.2. The second-order valence-electron chi connectivity index (χ2n) is 15.7. The summed E-state index contributed by atoms with van der Waals surface area (Å²) in [6.45, 7) is 13.3. The van der Waals surface area contributed by atoms with Gasteiger partial charge in [0.05, 0.1) is 0 Å². The fraction of sp³-hybridized carbons (Fsp3) is 0.115. The molecule has 0 N–H and O–H groups in total. The molecule has 246 valence electrons. The van der Waals surface area contributed by atoms with Gasteiger partial charge in [-0.25, -0.2) is 0 Å². The number of hydrogen-bond donors (Lipinski definition) is 0. The van der Waals surface area contributed by atoms with Crippen LogP contribution in [-0.2, 0) is 0 Å². The minimum absolute atomic E-state index is 1.29. The molecule has 0 fully saturated rings. The lowest BCUT2D eigenvalue weighted by Crippen LogP contribution is -1.85. The molecule has 11 aromatic carbocycles. The topological polar surface area (TPSA) is 0 Å². The zero-order valence-corrected chi connectivity index (χ0v) is 30.5. The van der Waals surface area contributed by atoms with E-state index in [2.05, 4.69) is 163 Å². The second kappa shape index (κ2) is 10.3. The van der Waals surface area contributed by atoms with Crippen molar-refractivity contribution in [2.75, 3.05) is 0 Å². The van der Waals surface area contributed by atoms with Gasteiger partial charge in [-0.05, 0) is 196 Å². The van der Waals surface area contributed by atoms with Gasteiger partial charge in [-0.1, -0.05) is 108 Å². The van der Waals surface area contributed by atoms with Crippen LogP contribution in [0.2, 0.25) is 0 Å². The van der Waals surface area contributed by atoms with Crippen molar-refractivity contribution >= 4 is 86.2 Å². The molecular formula is C52H38. The van der Waals surface area contributed by atoms with E-state index in [-0.39, 0.29) is 0 Å². The molecule has 0 saturated heterocycles. The Morgan fingerprint density at radius 1 is 0.231 bits per heavy atom. The first-order valence-electron chi connectivity index (χ1n) is 18.6. The highest BCUT2D eigenvalue weighted by molar-refractivity contribution is 6.40. The van der Waals surface area contributed by atoms with Gasteiger partial charge in [-0.2, -0.15) is 0 Å². The molecule has 0 amide bonds. The fourth-order valence-electron chi connectivity index (χ4n) is 9.71. The summed E-state index contributed by atoms with van der Waals surface area (Å²) in [5, 5.41) is 21.6. The van der Waals surface area contributed by atoms with Crippen molar-refractivity contribution in [1.29, 1.82) is 0 Å². The van der Waals surface area contributed by atoms with Gasteiger partial charge in [0.25, 0.3) is 0 Å². The predicted octanol–water partition coefficient (Wildman–Crippen LogP) is 15.0. The Hall–Kier alpha value is -5.98. The van der Waals surface area contributed by atoms with Gasteiger partial charge in [0.2, 0.25) is 0 Å². The Labute approximate surface area is 303 Å². The van der Waals surface area contributed by atoms with Crippen molar-refractivity contribution in [2.24, 2.45) is 0 Å². The molecule has 0 radical (unpaired) electrons. The maximum absolute atomic E-state index is 2.51. The molecule has 0 aliphatic heterocycles. The summed E-state index contributed by atoms with van der Waals surface area (Å²) >= 11 is 0. The van der Waals surface area contributed by atoms with Crippen LogP contribution in [0.25, 0.3) is 108 Å². The van der Waals surface area contributed by atoms with Crippen LogP contribution in [0, 0.1) is 41.5 Å². The first-order chi connectivity index (χ1) is 25.2. The van der Waals surface area contributed by atoms with E-state index in [1.807, 2.05) is 0 Å². The molecule has 0 heterocycles. The summed E-state index contributed by atoms with van der Waals surface area (Å²) in [5.74, 6) is 0. The Bertz CT molecular complexity index is 3110. The summed E-state index contributed by atoms with van der Waals surface area (Å²) in [7, 11) is 0. The van der Waals surface area contributed by atoms with Gasteiger partial charge < -0.3 is 0 Å². The summed E-state index contributed by atoms with van der Waals surface area (Å²) in [6.07, 6.45) is 0. The largest absolute Gasteiger partial charge is 0.0590 e. The molecule has 0 aromatic heterocycles. The quantitative estimate of drug-likeness (QED) is 0.162. The van der Waals surface area contributed by atoms with E-state index in [0.29, 0.717) is 0 Å². The van der Waals surface area contributed by atoms with Crippen molar-refractivity contribution in [2.45, 2.75) is 41.5 Å². The van der Waals surface area contributed by atoms with E-state index in [1.54, 1.807) is 0 Å². The second-order valence-corrected chi connectivity index (χ2v) is 15.7. The molecule has 11 rings (SSSR count). The Morgan fingerprint density at radius 3 is 0.962 bits per heavy atom. The number of hydrogen-bond acceptors (Lipinski definition) is 0. The van der Waals surface area contributed by atoms with Crippen LogP contribution < -0.4 is 0 Å². The van der Waals surface area contributed by atoms with Crippen LogP contribution >= 0.6 is 0 Å². The number of rotatable bonds is 2. The maximum Gasteiger partial charge on any atom is -0.00197 e. The predicted molar refractivity (Wildman–Crippen MR) is 228 cm³/mol. The van der Waals surface area contributed by atoms with E-state index in [4.69, 9.17) is 0 Å². The first kappa shape index (κ1) is 29.7. The molecule has 0 spiro atoms. The summed E-state index contributed by atoms with van der Waals surface area (Å²) in [6, 6.07) is 47.3. The molecule has 0 unspecified atom stereocenters. The molecule has 0 saturated carbocycles. The highest BCUT2D eigenvalue weighted by Crippen LogP contribution is 2.48. The van der Waals surface area contributed by atoms with E-state index in [0.717, 1.165) is 0 Å². The molecule has 0 atom stereocenters. The monoisotopic (exact) mass is 662 g/mol. The molecule has 0 aliphatic carbocycles. The van der Waals surface area contributed by atoms with Crippen LogP contribution in [0.3, 0.4) is 0 Å². The number of benzene rings is 9. The van der Waals surface area contributed by atoms with E-state index in [1.165, 1.54) is 142 Å². The van der Waals surface area contributed by atoms with Crippen LogP contribution in [-0.4, -0.2) is 0 Å². The molecule has 0 aliphatic rings. The summed E-state index contributed by atoms with van der Waals surface area (Å²) in [5.41, 5.74) is 13.0. The summed E-state index contributed by atoms with van der Waals surface area (Å²) in [4.78, 5) is 0. The standard InChI is InChI=1S/C52H38/c1-27-7-9-31(5)39(17-27)33-11-13-35-41(23-33)47-21-29(3)19-45-37-15-16-38-44(43(37)25-49(35)51(45)47)26-50-36-14-12-34(40-18-28(2)8-10-32(40)6)24-42(36)48-22-30(4)20-46(38)52(48)50/h7-26H,1-6H3. The molecule has 0 bridgehead atoms. The number of aryl methyl sites for hydroxylation is 6. The van der Waals surface area contributed by atoms with Gasteiger partial charge >= 0.3 is 0 Å². The molecule has 0 nitrogen and oxygen atoms in total. The van der Waals surface area contributed by atoms with Gasteiger partial charge in [-0.3, -0.25) is 0 Å². The van der Waals surface area contributed by atoms with Crippen molar-refractivity contribution < 1.29 is 0 Å². The van der Waals surface area contributed by atoms with Crippen molar-refractivity contribution in [3.05, 3.63) is 155 Å². The van der Waals surface area contributed by atoms with E-state index in [9.17, 15) is 0 Å². The molecule has 11 aromatic rings. The van der Waals surface area contributed by atoms with Crippen LogP contribution in [0.5, 0.6) is 0 Å². The van der Waals surface area contributed by atoms with Crippen molar-refractivity contribution in [1.82, 2.24) is 0 Å². The minimum Gasteiger partial charge on any atom is -0.0590 e. The minimum atomic E-state index is 1.29. The lowest BCUT2D eigenvalue weighted by atomic mass is 9.90. The average molecular weight is 663 g/mol. The Balaban J connectivity index is 1.24. The zero-order chi connectivity index (χ0) is 35.2. The van der Waals surface area contributed by atoms with Crippen molar-refractivity contribution in [3.63, 3.8) is 0 Å². The van der Waals surface area contributed by atoms with Gasteiger partial charge in [0.15, 0.2) is 0 Å². The molecule has 52 heavy (non-hydrogen) atoms. The normalized spacial score (nSPS) is 12.4. The SMILES string of the molecule is Cc1ccc(C)c(-c2ccc3c(c2)c2cc(C)cc4c5ccc6c(cc7c8ccc(-c9cc(C)ccc9C)cc8c8cc(C)cc6c87)c5cc3c42)c1. The third kappa shape index (κ3) is 3.98. The van der Waals surface area contributed by atoms with Crippen LogP contribution in [0.15, 0.2) is 121 Å². The lowest BCUT2D eigenvalue weighted by molar-refractivity contribution is 1.39. The molecule has 0 heteroatoms. The van der Waals surface area contributed by atoms with Gasteiger partial charge in [0.1, 0.15) is 0 Å². The Kier molecular flexibility index (Phi) is 5.89. The van der Waals surface area contributed by atoms with Crippen molar-refractivity contribution in [3.8, 4) is 22.3 Å². The van der Waals surface area contributed by atoms with E-state index >= 15 is 0 Å². The Morgan fingerprint density at radius 2 is 0.558 bits per heavy atom. The lowest BCUT2D eigenvalue weighted by Gasteiger charge is -2.13. The first-order valence-corrected chi connectivity index (χ1v) is 18.6. The van der Waals surface area contributed by atoms with E-state index < -0.39 is 0 Å². The zero-order valence-electron chi connectivity index (χ0n) is 30.5. The maximum atomic E-state index is 2.51. The van der Waals surface area contributed by atoms with Gasteiger partial charge in [0, 0.05) is 0 Å². The summed E-state index contributed by atoms with van der Waals surface area (Å²) < 4.78 is 0. The van der Waals surface area contributed by atoms with Crippen LogP contribution in [0.1, 0.15) is 33.4 Å². The van der Waals surface area contributed by atoms with Crippen LogP contribution in [0.4, 0.5) is 0 Å².